The summed E-state index contributed by atoms with van der Waals surface area (Å²) in [5, 5.41) is 13.8. The van der Waals surface area contributed by atoms with Crippen molar-refractivity contribution in [3.63, 3.8) is 0 Å². The maximum atomic E-state index is 12.4. The lowest BCUT2D eigenvalue weighted by molar-refractivity contribution is 0.0952. The summed E-state index contributed by atoms with van der Waals surface area (Å²) in [6.45, 7) is 2.52. The molecule has 3 aromatic carbocycles. The van der Waals surface area contributed by atoms with Crippen LogP contribution in [0.2, 0.25) is 0 Å². The Morgan fingerprint density at radius 1 is 1.03 bits per heavy atom. The zero-order valence-electron chi connectivity index (χ0n) is 19.7. The van der Waals surface area contributed by atoms with Crippen LogP contribution < -0.4 is 5.32 Å². The maximum Gasteiger partial charge on any atom is 0.251 e. The van der Waals surface area contributed by atoms with Gasteiger partial charge in [-0.25, -0.2) is 0 Å². The topological polar surface area (TPSA) is 69.6 Å². The second-order valence-electron chi connectivity index (χ2n) is 9.20. The summed E-state index contributed by atoms with van der Waals surface area (Å²) in [5.74, 6) is 0.211. The van der Waals surface area contributed by atoms with Crippen molar-refractivity contribution in [2.24, 2.45) is 0 Å². The number of aromatic hydroxyl groups is 1. The van der Waals surface area contributed by atoms with E-state index in [1.54, 1.807) is 24.3 Å². The van der Waals surface area contributed by atoms with Crippen molar-refractivity contribution >= 4 is 12.2 Å². The van der Waals surface area contributed by atoms with E-state index < -0.39 is 0 Å². The SMILES string of the molecule is CN1CCC(c2ccccc2)(c2cc(CCCNC(=O)c3ccc(C=O)cc3)ccc2O)CC1. The van der Waals surface area contributed by atoms with Crippen LogP contribution in [0.1, 0.15) is 56.7 Å². The molecule has 0 aromatic heterocycles. The molecule has 0 radical (unpaired) electrons. The van der Waals surface area contributed by atoms with Crippen LogP contribution in [-0.4, -0.2) is 48.9 Å². The second kappa shape index (κ2) is 10.7. The summed E-state index contributed by atoms with van der Waals surface area (Å²) in [5.41, 5.74) is 4.32. The van der Waals surface area contributed by atoms with Gasteiger partial charge in [-0.15, -0.1) is 0 Å². The summed E-state index contributed by atoms with van der Waals surface area (Å²) < 4.78 is 0. The normalized spacial score (nSPS) is 15.6. The van der Waals surface area contributed by atoms with Crippen molar-refractivity contribution in [2.45, 2.75) is 31.1 Å². The van der Waals surface area contributed by atoms with E-state index in [0.29, 0.717) is 23.4 Å². The summed E-state index contributed by atoms with van der Waals surface area (Å²) in [7, 11) is 2.15. The van der Waals surface area contributed by atoms with Gasteiger partial charge in [0.05, 0.1) is 0 Å². The average Bonchev–Trinajstić information content (AvgIpc) is 2.88. The standard InChI is InChI=1S/C29H32N2O3/c1-31-18-15-29(16-19-31,25-7-3-2-4-8-25)26-20-22(11-14-27(26)33)6-5-17-30-28(34)24-12-9-23(21-32)10-13-24/h2-4,7-14,20-21,33H,5-6,15-19H2,1H3,(H,30,34). The number of nitrogens with one attached hydrogen (secondary N) is 1. The summed E-state index contributed by atoms with van der Waals surface area (Å²) in [4.78, 5) is 25.5. The monoisotopic (exact) mass is 456 g/mol. The van der Waals surface area contributed by atoms with Crippen LogP contribution in [-0.2, 0) is 11.8 Å². The number of nitrogens with zero attached hydrogens (tertiary/aromatic N) is 1. The van der Waals surface area contributed by atoms with E-state index >= 15 is 0 Å². The maximum absolute atomic E-state index is 12.4. The lowest BCUT2D eigenvalue weighted by Crippen LogP contribution is -2.41. The molecular weight excluding hydrogens is 424 g/mol. The highest BCUT2D eigenvalue weighted by atomic mass is 16.3. The van der Waals surface area contributed by atoms with Gasteiger partial charge in [0.1, 0.15) is 12.0 Å². The number of carbonyl (C=O) groups is 2. The highest BCUT2D eigenvalue weighted by Crippen LogP contribution is 2.45. The number of rotatable bonds is 8. The van der Waals surface area contributed by atoms with Crippen molar-refractivity contribution in [2.75, 3.05) is 26.7 Å². The molecule has 0 saturated carbocycles. The molecule has 0 aliphatic carbocycles. The fraction of sp³-hybridized carbons (Fsp3) is 0.310. The van der Waals surface area contributed by atoms with Crippen LogP contribution in [0.25, 0.3) is 0 Å². The molecule has 4 rings (SSSR count). The van der Waals surface area contributed by atoms with E-state index in [-0.39, 0.29) is 11.3 Å². The lowest BCUT2D eigenvalue weighted by atomic mass is 9.67. The van der Waals surface area contributed by atoms with Crippen molar-refractivity contribution in [1.82, 2.24) is 10.2 Å². The number of carbonyl (C=O) groups excluding carboxylic acids is 2. The van der Waals surface area contributed by atoms with E-state index in [2.05, 4.69) is 47.6 Å². The fourth-order valence-corrected chi connectivity index (χ4v) is 4.90. The van der Waals surface area contributed by atoms with Gasteiger partial charge in [0.2, 0.25) is 0 Å². The molecule has 176 valence electrons. The minimum absolute atomic E-state index is 0.141. The molecule has 1 fully saturated rings. The Hall–Kier alpha value is -3.44. The second-order valence-corrected chi connectivity index (χ2v) is 9.20. The third-order valence-corrected chi connectivity index (χ3v) is 6.98. The van der Waals surface area contributed by atoms with Crippen LogP contribution in [0.15, 0.2) is 72.8 Å². The minimum atomic E-state index is -0.199. The molecule has 0 spiro atoms. The number of benzene rings is 3. The molecule has 1 saturated heterocycles. The molecule has 1 aliphatic rings. The zero-order valence-corrected chi connectivity index (χ0v) is 19.7. The van der Waals surface area contributed by atoms with Gasteiger partial charge in [0.15, 0.2) is 0 Å². The van der Waals surface area contributed by atoms with E-state index in [1.807, 2.05) is 18.2 Å². The van der Waals surface area contributed by atoms with Gasteiger partial charge < -0.3 is 15.3 Å². The molecule has 3 aromatic rings. The quantitative estimate of drug-likeness (QED) is 0.385. The van der Waals surface area contributed by atoms with Crippen LogP contribution in [0.3, 0.4) is 0 Å². The number of amides is 1. The third kappa shape index (κ3) is 5.20. The Balaban J connectivity index is 1.45. The first-order valence-electron chi connectivity index (χ1n) is 11.9. The molecule has 1 amide bonds. The van der Waals surface area contributed by atoms with E-state index in [0.717, 1.165) is 56.2 Å². The molecule has 5 heteroatoms. The number of aryl methyl sites for hydroxylation is 1. The van der Waals surface area contributed by atoms with Gasteiger partial charge in [-0.3, -0.25) is 9.59 Å². The van der Waals surface area contributed by atoms with E-state index in [4.69, 9.17) is 0 Å². The van der Waals surface area contributed by atoms with E-state index in [9.17, 15) is 14.7 Å². The summed E-state index contributed by atoms with van der Waals surface area (Å²) in [6, 6.07) is 23.1. The predicted molar refractivity (Wildman–Crippen MR) is 135 cm³/mol. The lowest BCUT2D eigenvalue weighted by Gasteiger charge is -2.42. The Labute approximate surface area is 201 Å². The Morgan fingerprint density at radius 3 is 2.41 bits per heavy atom. The number of hydrogen-bond acceptors (Lipinski definition) is 4. The molecule has 2 N–H and O–H groups in total. The molecule has 0 unspecified atom stereocenters. The van der Waals surface area contributed by atoms with Crippen molar-refractivity contribution in [3.05, 3.63) is 101 Å². The van der Waals surface area contributed by atoms with Crippen LogP contribution >= 0.6 is 0 Å². The highest BCUT2D eigenvalue weighted by Gasteiger charge is 2.39. The Kier molecular flexibility index (Phi) is 7.43. The average molecular weight is 457 g/mol. The third-order valence-electron chi connectivity index (χ3n) is 6.98. The van der Waals surface area contributed by atoms with Gasteiger partial charge in [-0.1, -0.05) is 54.6 Å². The van der Waals surface area contributed by atoms with Gasteiger partial charge in [-0.05, 0) is 75.1 Å². The van der Waals surface area contributed by atoms with Gasteiger partial charge in [0.25, 0.3) is 5.91 Å². The summed E-state index contributed by atoms with van der Waals surface area (Å²) in [6.07, 6.45) is 4.29. The number of piperidine rings is 1. The Bertz CT molecular complexity index is 1120. The number of hydrogen-bond donors (Lipinski definition) is 2. The number of aldehydes is 1. The van der Waals surface area contributed by atoms with Crippen molar-refractivity contribution in [1.29, 1.82) is 0 Å². The largest absolute Gasteiger partial charge is 0.508 e. The van der Waals surface area contributed by atoms with Crippen molar-refractivity contribution < 1.29 is 14.7 Å². The molecule has 1 aliphatic heterocycles. The number of phenols is 1. The van der Waals surface area contributed by atoms with Crippen molar-refractivity contribution in [3.8, 4) is 5.75 Å². The van der Waals surface area contributed by atoms with Gasteiger partial charge in [-0.2, -0.15) is 0 Å². The smallest absolute Gasteiger partial charge is 0.251 e. The highest BCUT2D eigenvalue weighted by molar-refractivity contribution is 5.94. The fourth-order valence-electron chi connectivity index (χ4n) is 4.90. The van der Waals surface area contributed by atoms with Crippen LogP contribution in [0.4, 0.5) is 0 Å². The van der Waals surface area contributed by atoms with E-state index in [1.165, 1.54) is 5.56 Å². The first-order valence-corrected chi connectivity index (χ1v) is 11.9. The predicted octanol–water partition coefficient (Wildman–Crippen LogP) is 4.58. The summed E-state index contributed by atoms with van der Waals surface area (Å²) >= 11 is 0. The molecular formula is C29H32N2O3. The molecule has 0 atom stereocenters. The van der Waals surface area contributed by atoms with Crippen LogP contribution in [0.5, 0.6) is 5.75 Å². The van der Waals surface area contributed by atoms with Gasteiger partial charge >= 0.3 is 0 Å². The Morgan fingerprint density at radius 2 is 1.74 bits per heavy atom. The molecule has 1 heterocycles. The molecule has 0 bridgehead atoms. The first-order chi connectivity index (χ1) is 16.5. The van der Waals surface area contributed by atoms with Crippen LogP contribution in [0, 0.1) is 0 Å². The minimum Gasteiger partial charge on any atom is -0.508 e. The number of likely N-dealkylation sites (tertiary alicyclic amines) is 1. The van der Waals surface area contributed by atoms with Gasteiger partial charge in [0, 0.05) is 28.7 Å². The molecule has 5 nitrogen and oxygen atoms in total. The first kappa shape index (κ1) is 23.7. The molecule has 34 heavy (non-hydrogen) atoms. The number of phenolic OH excluding ortho intramolecular Hbond substituents is 1. The zero-order chi connectivity index (χ0) is 24.0.